The van der Waals surface area contributed by atoms with E-state index >= 15 is 0 Å². The van der Waals surface area contributed by atoms with Gasteiger partial charge in [-0.3, -0.25) is 4.79 Å². The van der Waals surface area contributed by atoms with E-state index in [-0.39, 0.29) is 19.5 Å². The summed E-state index contributed by atoms with van der Waals surface area (Å²) in [6.07, 6.45) is 0.611. The monoisotopic (exact) mass is 282 g/mol. The van der Waals surface area contributed by atoms with Crippen LogP contribution in [0.3, 0.4) is 0 Å². The van der Waals surface area contributed by atoms with Crippen LogP contribution in [-0.2, 0) is 19.7 Å². The molecule has 0 saturated heterocycles. The lowest BCUT2D eigenvalue weighted by molar-refractivity contribution is -0.140. The van der Waals surface area contributed by atoms with E-state index in [0.29, 0.717) is 6.42 Å². The second kappa shape index (κ2) is 8.41. The highest BCUT2D eigenvalue weighted by atomic mass is 32.2. The molecule has 0 radical (unpaired) electrons. The Labute approximate surface area is 108 Å². The van der Waals surface area contributed by atoms with Crippen LogP contribution in [0, 0.1) is 0 Å². The van der Waals surface area contributed by atoms with E-state index in [4.69, 9.17) is 0 Å². The molecule has 0 saturated carbocycles. The number of nitrogens with one attached hydrogen (secondary N) is 1. The van der Waals surface area contributed by atoms with Gasteiger partial charge in [0.05, 0.1) is 19.6 Å². The van der Waals surface area contributed by atoms with Crippen LogP contribution in [0.4, 0.5) is 0 Å². The van der Waals surface area contributed by atoms with Gasteiger partial charge in [-0.1, -0.05) is 13.3 Å². The third-order valence-electron chi connectivity index (χ3n) is 2.39. The van der Waals surface area contributed by atoms with E-state index in [9.17, 15) is 18.3 Å². The Balaban J connectivity index is 4.15. The first-order valence-corrected chi connectivity index (χ1v) is 7.23. The molecule has 7 nitrogen and oxygen atoms in total. The molecule has 0 heterocycles. The van der Waals surface area contributed by atoms with Gasteiger partial charge in [0.15, 0.2) is 0 Å². The van der Waals surface area contributed by atoms with Gasteiger partial charge in [0, 0.05) is 20.1 Å². The molecule has 18 heavy (non-hydrogen) atoms. The predicted octanol–water partition coefficient (Wildman–Crippen LogP) is -0.523. The fourth-order valence-electron chi connectivity index (χ4n) is 1.22. The molecule has 0 aromatic heterocycles. The second-order valence-corrected chi connectivity index (χ2v) is 5.81. The maximum absolute atomic E-state index is 11.7. The van der Waals surface area contributed by atoms with E-state index in [0.717, 1.165) is 10.7 Å². The van der Waals surface area contributed by atoms with Gasteiger partial charge in [0.2, 0.25) is 0 Å². The van der Waals surface area contributed by atoms with E-state index in [1.807, 2.05) is 6.92 Å². The Hall–Kier alpha value is -0.700. The highest BCUT2D eigenvalue weighted by Crippen LogP contribution is 1.99. The van der Waals surface area contributed by atoms with E-state index in [1.54, 1.807) is 0 Å². The van der Waals surface area contributed by atoms with Gasteiger partial charge >= 0.3 is 5.97 Å². The number of esters is 1. The third kappa shape index (κ3) is 6.90. The summed E-state index contributed by atoms with van der Waals surface area (Å²) in [7, 11) is -1.06. The van der Waals surface area contributed by atoms with Crippen LogP contribution in [-0.4, -0.2) is 57.1 Å². The molecule has 0 spiro atoms. The molecule has 0 aliphatic carbocycles. The van der Waals surface area contributed by atoms with Gasteiger partial charge in [-0.05, 0) is 6.42 Å². The SMILES string of the molecule is CCCC(O)CNS(=O)(=O)N(C)CCC(=O)OC. The van der Waals surface area contributed by atoms with E-state index in [2.05, 4.69) is 9.46 Å². The van der Waals surface area contributed by atoms with Gasteiger partial charge in [-0.15, -0.1) is 0 Å². The number of nitrogens with zero attached hydrogens (tertiary/aromatic N) is 1. The first kappa shape index (κ1) is 17.3. The summed E-state index contributed by atoms with van der Waals surface area (Å²) >= 11 is 0. The van der Waals surface area contributed by atoms with Crippen molar-refractivity contribution in [3.05, 3.63) is 0 Å². The Morgan fingerprint density at radius 3 is 2.61 bits per heavy atom. The average Bonchev–Trinajstić information content (AvgIpc) is 2.33. The van der Waals surface area contributed by atoms with Crippen LogP contribution >= 0.6 is 0 Å². The second-order valence-electron chi connectivity index (χ2n) is 3.94. The fourth-order valence-corrected chi connectivity index (χ4v) is 2.17. The van der Waals surface area contributed by atoms with Crippen molar-refractivity contribution < 1.29 is 23.1 Å². The lowest BCUT2D eigenvalue weighted by Crippen LogP contribution is -2.42. The Morgan fingerprint density at radius 2 is 2.11 bits per heavy atom. The predicted molar refractivity (Wildman–Crippen MR) is 67.1 cm³/mol. The molecular formula is C10H22N2O5S. The van der Waals surface area contributed by atoms with Gasteiger partial charge in [-0.2, -0.15) is 17.4 Å². The van der Waals surface area contributed by atoms with Crippen LogP contribution in [0.2, 0.25) is 0 Å². The summed E-state index contributed by atoms with van der Waals surface area (Å²) in [6, 6.07) is 0. The van der Waals surface area contributed by atoms with Crippen molar-refractivity contribution in [3.8, 4) is 0 Å². The molecule has 1 atom stereocenters. The standard InChI is InChI=1S/C10H22N2O5S/c1-4-5-9(13)8-11-18(15,16)12(2)7-6-10(14)17-3/h9,11,13H,4-8H2,1-3H3. The number of aliphatic hydroxyl groups excluding tert-OH is 1. The zero-order valence-corrected chi connectivity index (χ0v) is 11.9. The number of carbonyl (C=O) groups excluding carboxylic acids is 1. The van der Waals surface area contributed by atoms with Crippen LogP contribution in [0.5, 0.6) is 0 Å². The van der Waals surface area contributed by atoms with E-state index in [1.165, 1.54) is 14.2 Å². The van der Waals surface area contributed by atoms with Gasteiger partial charge < -0.3 is 9.84 Å². The molecule has 108 valence electrons. The van der Waals surface area contributed by atoms with Crippen LogP contribution < -0.4 is 4.72 Å². The van der Waals surface area contributed by atoms with Crippen molar-refractivity contribution in [1.82, 2.24) is 9.03 Å². The van der Waals surface area contributed by atoms with Gasteiger partial charge in [0.25, 0.3) is 10.2 Å². The van der Waals surface area contributed by atoms with Gasteiger partial charge in [0.1, 0.15) is 0 Å². The Kier molecular flexibility index (Phi) is 8.08. The molecule has 1 unspecified atom stereocenters. The fraction of sp³-hybridized carbons (Fsp3) is 0.900. The number of hydrogen-bond donors (Lipinski definition) is 2. The van der Waals surface area contributed by atoms with Crippen LogP contribution in [0.1, 0.15) is 26.2 Å². The van der Waals surface area contributed by atoms with Crippen molar-refractivity contribution in [2.24, 2.45) is 0 Å². The smallest absolute Gasteiger partial charge is 0.306 e. The van der Waals surface area contributed by atoms with Crippen LogP contribution in [0.15, 0.2) is 0 Å². The van der Waals surface area contributed by atoms with Crippen molar-refractivity contribution >= 4 is 16.2 Å². The van der Waals surface area contributed by atoms with Crippen molar-refractivity contribution in [2.75, 3.05) is 27.2 Å². The summed E-state index contributed by atoms with van der Waals surface area (Å²) in [5.41, 5.74) is 0. The number of hydrogen-bond acceptors (Lipinski definition) is 5. The zero-order valence-electron chi connectivity index (χ0n) is 11.0. The molecule has 8 heteroatoms. The minimum Gasteiger partial charge on any atom is -0.469 e. The average molecular weight is 282 g/mol. The maximum atomic E-state index is 11.7. The molecule has 0 bridgehead atoms. The van der Waals surface area contributed by atoms with Crippen molar-refractivity contribution in [3.63, 3.8) is 0 Å². The third-order valence-corrected chi connectivity index (χ3v) is 3.93. The minimum absolute atomic E-state index is 0.00851. The van der Waals surface area contributed by atoms with Crippen LogP contribution in [0.25, 0.3) is 0 Å². The molecule has 0 aliphatic heterocycles. The molecule has 0 amide bonds. The first-order valence-electron chi connectivity index (χ1n) is 5.79. The summed E-state index contributed by atoms with van der Waals surface area (Å²) < 4.78 is 31.1. The normalized spacial score (nSPS) is 13.6. The quantitative estimate of drug-likeness (QED) is 0.555. The number of methoxy groups -OCH3 is 1. The number of carbonyl (C=O) groups is 1. The lowest BCUT2D eigenvalue weighted by atomic mass is 10.2. The molecule has 2 N–H and O–H groups in total. The zero-order chi connectivity index (χ0) is 14.2. The Bertz CT molecular complexity index is 344. The maximum Gasteiger partial charge on any atom is 0.306 e. The van der Waals surface area contributed by atoms with Crippen molar-refractivity contribution in [1.29, 1.82) is 0 Å². The molecular weight excluding hydrogens is 260 g/mol. The highest BCUT2D eigenvalue weighted by molar-refractivity contribution is 7.87. The summed E-state index contributed by atoms with van der Waals surface area (Å²) in [4.78, 5) is 10.9. The highest BCUT2D eigenvalue weighted by Gasteiger charge is 2.19. The Morgan fingerprint density at radius 1 is 1.50 bits per heavy atom. The molecule has 0 aromatic rings. The number of rotatable bonds is 9. The molecule has 0 aromatic carbocycles. The summed E-state index contributed by atoms with van der Waals surface area (Å²) in [5.74, 6) is -0.469. The number of aliphatic hydroxyl groups is 1. The first-order chi connectivity index (χ1) is 8.33. The minimum atomic E-state index is -3.66. The topological polar surface area (TPSA) is 95.9 Å². The summed E-state index contributed by atoms with van der Waals surface area (Å²) in [6.45, 7) is 1.91. The number of ether oxygens (including phenoxy) is 1. The molecule has 0 fully saturated rings. The lowest BCUT2D eigenvalue weighted by Gasteiger charge is -2.18. The van der Waals surface area contributed by atoms with Crippen molar-refractivity contribution in [2.45, 2.75) is 32.3 Å². The largest absolute Gasteiger partial charge is 0.469 e. The molecule has 0 rings (SSSR count). The molecule has 0 aliphatic rings. The van der Waals surface area contributed by atoms with Gasteiger partial charge in [-0.25, -0.2) is 0 Å². The van der Waals surface area contributed by atoms with E-state index < -0.39 is 22.3 Å². The summed E-state index contributed by atoms with van der Waals surface area (Å²) in [5, 5.41) is 9.43.